The van der Waals surface area contributed by atoms with E-state index in [1.165, 1.54) is 180 Å². The fourth-order valence-electron chi connectivity index (χ4n) is 9.75. The molecule has 0 amide bonds. The first kappa shape index (κ1) is 78.1. The lowest BCUT2D eigenvalue weighted by molar-refractivity contribution is -0.167. The fourth-order valence-corrected chi connectivity index (χ4v) is 9.75. The van der Waals surface area contributed by atoms with E-state index in [9.17, 15) is 14.4 Å². The van der Waals surface area contributed by atoms with Gasteiger partial charge in [0, 0.05) is 19.3 Å². The second-order valence-electron chi connectivity index (χ2n) is 23.1. The first-order valence-corrected chi connectivity index (χ1v) is 34.9. The van der Waals surface area contributed by atoms with Gasteiger partial charge in [0.25, 0.3) is 0 Å². The Morgan fingerprint density at radius 3 is 0.780 bits per heavy atom. The second-order valence-corrected chi connectivity index (χ2v) is 23.1. The molecule has 0 aliphatic heterocycles. The molecule has 82 heavy (non-hydrogen) atoms. The Hall–Kier alpha value is -3.93. The third kappa shape index (κ3) is 66.9. The number of carbonyl (C=O) groups excluding carboxylic acids is 3. The number of esters is 3. The number of rotatable bonds is 63. The van der Waals surface area contributed by atoms with Gasteiger partial charge in [-0.15, -0.1) is 0 Å². The minimum atomic E-state index is -0.789. The molecule has 0 aromatic rings. The maximum Gasteiger partial charge on any atom is 0.306 e. The van der Waals surface area contributed by atoms with E-state index >= 15 is 0 Å². The number of ether oxygens (including phenoxy) is 3. The smallest absolute Gasteiger partial charge is 0.306 e. The summed E-state index contributed by atoms with van der Waals surface area (Å²) in [5, 5.41) is 0. The summed E-state index contributed by atoms with van der Waals surface area (Å²) in [6.07, 6.45) is 95.3. The summed E-state index contributed by atoms with van der Waals surface area (Å²) in [6, 6.07) is 0. The van der Waals surface area contributed by atoms with Gasteiger partial charge < -0.3 is 14.2 Å². The van der Waals surface area contributed by atoms with Crippen molar-refractivity contribution in [3.05, 3.63) is 109 Å². The molecule has 0 spiro atoms. The molecule has 0 rings (SSSR count). The lowest BCUT2D eigenvalue weighted by Crippen LogP contribution is -2.30. The molecule has 0 fully saturated rings. The van der Waals surface area contributed by atoms with Crippen LogP contribution in [0.3, 0.4) is 0 Å². The van der Waals surface area contributed by atoms with Gasteiger partial charge in [0.05, 0.1) is 0 Å². The van der Waals surface area contributed by atoms with Crippen molar-refractivity contribution >= 4 is 17.9 Å². The molecule has 6 nitrogen and oxygen atoms in total. The SMILES string of the molecule is CC/C=C\C/C=C\C/C=C\C/C=C\C/C=C\CCCCCCCCCCCCCCCC(=O)OCC(COC(=O)CCCCCCC/C=C\C/C=C\CCCC)OC(=O)CCCCCCCCCCC/C=C\C/C=C\CCCCCCC. The average Bonchev–Trinajstić information content (AvgIpc) is 3.47. The minimum Gasteiger partial charge on any atom is -0.462 e. The molecule has 1 unspecified atom stereocenters. The van der Waals surface area contributed by atoms with E-state index in [0.29, 0.717) is 19.3 Å². The van der Waals surface area contributed by atoms with Crippen molar-refractivity contribution in [2.75, 3.05) is 13.2 Å². The summed E-state index contributed by atoms with van der Waals surface area (Å²) < 4.78 is 17.0. The summed E-state index contributed by atoms with van der Waals surface area (Å²) in [5.41, 5.74) is 0. The van der Waals surface area contributed by atoms with Crippen LogP contribution in [0.15, 0.2) is 109 Å². The normalized spacial score (nSPS) is 12.8. The van der Waals surface area contributed by atoms with Gasteiger partial charge in [-0.3, -0.25) is 14.4 Å². The van der Waals surface area contributed by atoms with Crippen LogP contribution in [0.4, 0.5) is 0 Å². The van der Waals surface area contributed by atoms with Crippen molar-refractivity contribution in [2.45, 2.75) is 341 Å². The standard InChI is InChI=1S/C76H130O6/c1-4-7-10-13-16-19-22-25-28-30-32-34-35-36-37-38-39-40-41-43-44-46-48-51-54-57-60-63-66-69-75(78)81-72-73(71-80-74(77)68-65-62-59-56-53-50-27-24-21-18-15-12-9-6-3)82-76(79)70-67-64-61-58-55-52-49-47-45-42-33-31-29-26-23-20-17-14-11-8-5-2/h7,10,15-16,18-19,23-28,31-34,36-37,73H,4-6,8-9,11-14,17,20-22,29-30,35,38-72H2,1-3H3/b10-7-,18-15-,19-16-,26-23-,27-24-,28-25-,33-31-,34-32-,37-36-. The van der Waals surface area contributed by atoms with Crippen LogP contribution in [0.1, 0.15) is 335 Å². The zero-order valence-corrected chi connectivity index (χ0v) is 54.0. The Bertz CT molecular complexity index is 1640. The van der Waals surface area contributed by atoms with E-state index in [2.05, 4.69) is 130 Å². The molecule has 0 aromatic carbocycles. The molecular formula is C76H130O6. The summed E-state index contributed by atoms with van der Waals surface area (Å²) in [5.74, 6) is -0.891. The predicted molar refractivity (Wildman–Crippen MR) is 357 cm³/mol. The maximum absolute atomic E-state index is 12.9. The lowest BCUT2D eigenvalue weighted by Gasteiger charge is -2.18. The van der Waals surface area contributed by atoms with Gasteiger partial charge >= 0.3 is 17.9 Å². The summed E-state index contributed by atoms with van der Waals surface area (Å²) in [4.78, 5) is 38.4. The van der Waals surface area contributed by atoms with Crippen molar-refractivity contribution in [1.29, 1.82) is 0 Å². The van der Waals surface area contributed by atoms with Crippen molar-refractivity contribution < 1.29 is 28.6 Å². The minimum absolute atomic E-state index is 0.0838. The highest BCUT2D eigenvalue weighted by atomic mass is 16.6. The predicted octanol–water partition coefficient (Wildman–Crippen LogP) is 24.2. The van der Waals surface area contributed by atoms with E-state index in [1.807, 2.05) is 0 Å². The Balaban J connectivity index is 4.30. The molecule has 0 bridgehead atoms. The topological polar surface area (TPSA) is 78.9 Å². The van der Waals surface area contributed by atoms with Crippen LogP contribution in [0.25, 0.3) is 0 Å². The zero-order chi connectivity index (χ0) is 59.2. The summed E-state index contributed by atoms with van der Waals surface area (Å²) in [7, 11) is 0. The molecule has 1 atom stereocenters. The molecule has 0 saturated heterocycles. The number of allylic oxidation sites excluding steroid dienone is 18. The molecule has 0 radical (unpaired) electrons. The molecule has 0 aliphatic carbocycles. The van der Waals surface area contributed by atoms with E-state index in [-0.39, 0.29) is 31.1 Å². The summed E-state index contributed by atoms with van der Waals surface area (Å²) >= 11 is 0. The van der Waals surface area contributed by atoms with Gasteiger partial charge in [-0.2, -0.15) is 0 Å². The highest BCUT2D eigenvalue weighted by Gasteiger charge is 2.19. The zero-order valence-electron chi connectivity index (χ0n) is 54.0. The molecular weight excluding hydrogens is 1010 g/mol. The van der Waals surface area contributed by atoms with E-state index in [0.717, 1.165) is 116 Å². The van der Waals surface area contributed by atoms with E-state index in [1.54, 1.807) is 0 Å². The second kappa shape index (κ2) is 69.6. The molecule has 0 heterocycles. The van der Waals surface area contributed by atoms with Crippen molar-refractivity contribution in [1.82, 2.24) is 0 Å². The Morgan fingerprint density at radius 1 is 0.256 bits per heavy atom. The third-order valence-corrected chi connectivity index (χ3v) is 15.0. The molecule has 0 aliphatic rings. The Labute approximate surface area is 508 Å². The van der Waals surface area contributed by atoms with E-state index in [4.69, 9.17) is 14.2 Å². The van der Waals surface area contributed by atoms with Gasteiger partial charge in [0.15, 0.2) is 6.10 Å². The van der Waals surface area contributed by atoms with Crippen LogP contribution in [0.5, 0.6) is 0 Å². The van der Waals surface area contributed by atoms with Gasteiger partial charge in [-0.05, 0) is 122 Å². The molecule has 0 saturated carbocycles. The quantitative estimate of drug-likeness (QED) is 0.0261. The summed E-state index contributed by atoms with van der Waals surface area (Å²) in [6.45, 7) is 6.49. The highest BCUT2D eigenvalue weighted by Crippen LogP contribution is 2.17. The number of unbranched alkanes of at least 4 members (excludes halogenated alkanes) is 34. The van der Waals surface area contributed by atoms with Crippen LogP contribution in [0.2, 0.25) is 0 Å². The number of carbonyl (C=O) groups is 3. The Kier molecular flexibility index (Phi) is 66.2. The number of hydrogen-bond donors (Lipinski definition) is 0. The first-order chi connectivity index (χ1) is 40.5. The Morgan fingerprint density at radius 2 is 0.488 bits per heavy atom. The first-order valence-electron chi connectivity index (χ1n) is 34.9. The van der Waals surface area contributed by atoms with Crippen molar-refractivity contribution in [2.24, 2.45) is 0 Å². The van der Waals surface area contributed by atoms with Crippen LogP contribution in [-0.2, 0) is 28.6 Å². The lowest BCUT2D eigenvalue weighted by atomic mass is 10.0. The van der Waals surface area contributed by atoms with Gasteiger partial charge in [0.1, 0.15) is 13.2 Å². The third-order valence-electron chi connectivity index (χ3n) is 15.0. The fraction of sp³-hybridized carbons (Fsp3) is 0.724. The van der Waals surface area contributed by atoms with Crippen LogP contribution in [0, 0.1) is 0 Å². The average molecular weight is 1140 g/mol. The monoisotopic (exact) mass is 1140 g/mol. The molecule has 0 N–H and O–H groups in total. The highest BCUT2D eigenvalue weighted by molar-refractivity contribution is 5.71. The van der Waals surface area contributed by atoms with Crippen LogP contribution < -0.4 is 0 Å². The molecule has 0 aromatic heterocycles. The van der Waals surface area contributed by atoms with Crippen molar-refractivity contribution in [3.8, 4) is 0 Å². The van der Waals surface area contributed by atoms with Crippen molar-refractivity contribution in [3.63, 3.8) is 0 Å². The van der Waals surface area contributed by atoms with Crippen LogP contribution >= 0.6 is 0 Å². The van der Waals surface area contributed by atoms with Gasteiger partial charge in [-0.1, -0.05) is 304 Å². The molecule has 470 valence electrons. The number of hydrogen-bond acceptors (Lipinski definition) is 6. The van der Waals surface area contributed by atoms with E-state index < -0.39 is 6.10 Å². The van der Waals surface area contributed by atoms with Crippen LogP contribution in [-0.4, -0.2) is 37.2 Å². The van der Waals surface area contributed by atoms with Gasteiger partial charge in [0.2, 0.25) is 0 Å². The van der Waals surface area contributed by atoms with Gasteiger partial charge in [-0.25, -0.2) is 0 Å². The molecule has 6 heteroatoms. The maximum atomic E-state index is 12.9. The largest absolute Gasteiger partial charge is 0.462 e.